The lowest BCUT2D eigenvalue weighted by molar-refractivity contribution is -0.0391. The Morgan fingerprint density at radius 2 is 1.55 bits per heavy atom. The van der Waals surface area contributed by atoms with E-state index in [1.807, 2.05) is 49.4 Å². The van der Waals surface area contributed by atoms with Gasteiger partial charge in [0.15, 0.2) is 0 Å². The highest BCUT2D eigenvalue weighted by molar-refractivity contribution is 7.90. The number of anilines is 1. The van der Waals surface area contributed by atoms with Gasteiger partial charge in [-0.15, -0.1) is 0 Å². The van der Waals surface area contributed by atoms with Gasteiger partial charge < -0.3 is 9.64 Å². The van der Waals surface area contributed by atoms with Crippen LogP contribution in [-0.2, 0) is 16.6 Å². The van der Waals surface area contributed by atoms with Crippen molar-refractivity contribution in [2.24, 2.45) is 23.2 Å². The van der Waals surface area contributed by atoms with Gasteiger partial charge in [0.1, 0.15) is 5.75 Å². The summed E-state index contributed by atoms with van der Waals surface area (Å²) < 4.78 is 34.4. The molecule has 4 aliphatic carbocycles. The quantitative estimate of drug-likeness (QED) is 0.283. The number of nitrogens with zero attached hydrogens (tertiary/aromatic N) is 2. The highest BCUT2D eigenvalue weighted by Gasteiger charge is 2.52. The number of hydrogen-bond donors (Lipinski definition) is 1. The molecule has 3 aromatic rings. The van der Waals surface area contributed by atoms with Crippen molar-refractivity contribution in [3.05, 3.63) is 95.1 Å². The number of rotatable bonds is 9. The average Bonchev–Trinajstić information content (AvgIpc) is 3.04. The Balaban J connectivity index is 0.920. The lowest BCUT2D eigenvalue weighted by Crippen LogP contribution is -2.51. The molecular formula is C39H45N3O4S. The van der Waals surface area contributed by atoms with Crippen molar-refractivity contribution in [2.45, 2.75) is 52.0 Å². The minimum absolute atomic E-state index is 0.0804. The van der Waals surface area contributed by atoms with E-state index in [9.17, 15) is 13.2 Å². The zero-order valence-electron chi connectivity index (χ0n) is 27.3. The van der Waals surface area contributed by atoms with Crippen LogP contribution < -0.4 is 14.4 Å². The maximum absolute atomic E-state index is 13.2. The second kappa shape index (κ2) is 13.4. The third kappa shape index (κ3) is 7.52. The molecule has 5 aliphatic rings. The molecule has 4 saturated carbocycles. The summed E-state index contributed by atoms with van der Waals surface area (Å²) in [5, 5.41) is 0. The van der Waals surface area contributed by atoms with E-state index in [0.717, 1.165) is 74.6 Å². The summed E-state index contributed by atoms with van der Waals surface area (Å²) in [6, 6.07) is 23.6. The molecule has 3 aromatic carbocycles. The van der Waals surface area contributed by atoms with Gasteiger partial charge in [-0.05, 0) is 123 Å². The number of amides is 1. The molecule has 0 atom stereocenters. The molecule has 0 unspecified atom stereocenters. The fraction of sp³-hybridized carbons (Fsp3) is 0.462. The number of benzene rings is 3. The Morgan fingerprint density at radius 1 is 0.872 bits per heavy atom. The summed E-state index contributed by atoms with van der Waals surface area (Å²) >= 11 is 0. The van der Waals surface area contributed by atoms with Crippen molar-refractivity contribution in [3.63, 3.8) is 0 Å². The molecule has 246 valence electrons. The van der Waals surface area contributed by atoms with Crippen LogP contribution >= 0.6 is 0 Å². The van der Waals surface area contributed by atoms with Gasteiger partial charge in [0.05, 0.1) is 12.4 Å². The van der Waals surface area contributed by atoms with Crippen molar-refractivity contribution < 1.29 is 17.9 Å². The van der Waals surface area contributed by atoms with Crippen molar-refractivity contribution in [1.29, 1.82) is 0 Å². The first kappa shape index (κ1) is 31.8. The molecule has 1 N–H and O–H groups in total. The number of carbonyl (C=O) groups excluding carboxylic acids is 1. The Hall–Kier alpha value is -3.80. The molecule has 1 saturated heterocycles. The largest absolute Gasteiger partial charge is 0.494 e. The fourth-order valence-electron chi connectivity index (χ4n) is 9.08. The first-order valence-electron chi connectivity index (χ1n) is 17.2. The second-order valence-electron chi connectivity index (χ2n) is 14.3. The highest BCUT2D eigenvalue weighted by atomic mass is 32.2. The van der Waals surface area contributed by atoms with Crippen molar-refractivity contribution >= 4 is 21.6 Å². The van der Waals surface area contributed by atoms with Gasteiger partial charge in [-0.25, -0.2) is 13.1 Å². The number of sulfonamides is 1. The number of ether oxygens (including phenoxy) is 1. The molecule has 1 amide bonds. The van der Waals surface area contributed by atoms with Gasteiger partial charge in [0.2, 0.25) is 10.0 Å². The van der Waals surface area contributed by atoms with Crippen LogP contribution in [0, 0.1) is 35.0 Å². The second-order valence-corrected chi connectivity index (χ2v) is 16.0. The predicted octanol–water partition coefficient (Wildman–Crippen LogP) is 6.08. The van der Waals surface area contributed by atoms with E-state index in [0.29, 0.717) is 29.9 Å². The van der Waals surface area contributed by atoms with Crippen LogP contribution in [0.15, 0.2) is 72.8 Å². The zero-order valence-corrected chi connectivity index (χ0v) is 28.1. The Kier molecular flexibility index (Phi) is 9.04. The molecule has 8 rings (SSSR count). The lowest BCUT2D eigenvalue weighted by atomic mass is 9.50. The van der Waals surface area contributed by atoms with Crippen LogP contribution in [0.4, 0.5) is 5.69 Å². The third-order valence-corrected chi connectivity index (χ3v) is 12.2. The number of hydrogen-bond acceptors (Lipinski definition) is 6. The standard InChI is InChI=1S/C39H45N3O4S/c1-2-46-37-9-5-6-29(23-37)10-11-33-7-3-4-8-35(33)27-41-16-18-42(19-17-41)36-14-12-34(13-15-36)38(43)40-47(44,45)28-39-24-30-20-31(25-39)22-32(21-30)26-39/h3-9,12-15,23,30-32H,2,16-22,24-28H2,1H3,(H,40,43). The van der Waals surface area contributed by atoms with E-state index in [2.05, 4.69) is 44.6 Å². The van der Waals surface area contributed by atoms with Gasteiger partial charge in [-0.2, -0.15) is 0 Å². The van der Waals surface area contributed by atoms with Gasteiger partial charge >= 0.3 is 0 Å². The summed E-state index contributed by atoms with van der Waals surface area (Å²) in [5.41, 5.74) is 4.45. The number of nitrogens with one attached hydrogen (secondary N) is 1. The van der Waals surface area contributed by atoms with E-state index < -0.39 is 15.9 Å². The first-order chi connectivity index (χ1) is 22.7. The monoisotopic (exact) mass is 651 g/mol. The summed E-state index contributed by atoms with van der Waals surface area (Å²) in [4.78, 5) is 17.8. The molecule has 7 nitrogen and oxygen atoms in total. The third-order valence-electron chi connectivity index (χ3n) is 10.7. The van der Waals surface area contributed by atoms with Crippen LogP contribution in [0.25, 0.3) is 0 Å². The molecule has 1 heterocycles. The summed E-state index contributed by atoms with van der Waals surface area (Å²) in [5.74, 6) is 9.07. The number of piperazine rings is 1. The summed E-state index contributed by atoms with van der Waals surface area (Å²) in [7, 11) is -3.71. The maximum atomic E-state index is 13.2. The van der Waals surface area contributed by atoms with Crippen LogP contribution in [0.1, 0.15) is 72.5 Å². The van der Waals surface area contributed by atoms with Crippen molar-refractivity contribution in [2.75, 3.05) is 43.4 Å². The smallest absolute Gasteiger partial charge is 0.264 e. The highest BCUT2D eigenvalue weighted by Crippen LogP contribution is 2.60. The van der Waals surface area contributed by atoms with Crippen LogP contribution in [0.2, 0.25) is 0 Å². The summed E-state index contributed by atoms with van der Waals surface area (Å²) in [6.45, 7) is 6.97. The van der Waals surface area contributed by atoms with E-state index in [-0.39, 0.29) is 11.2 Å². The molecule has 8 heteroatoms. The van der Waals surface area contributed by atoms with E-state index in [4.69, 9.17) is 4.74 Å². The molecule has 5 fully saturated rings. The van der Waals surface area contributed by atoms with Crippen LogP contribution in [-0.4, -0.2) is 57.8 Å². The molecular weight excluding hydrogens is 607 g/mol. The van der Waals surface area contributed by atoms with E-state index in [1.165, 1.54) is 24.8 Å². The van der Waals surface area contributed by atoms with Gasteiger partial charge in [-0.3, -0.25) is 9.69 Å². The van der Waals surface area contributed by atoms with Crippen LogP contribution in [0.3, 0.4) is 0 Å². The van der Waals surface area contributed by atoms with Crippen molar-refractivity contribution in [1.82, 2.24) is 9.62 Å². The normalized spacial score (nSPS) is 25.2. The van der Waals surface area contributed by atoms with Crippen molar-refractivity contribution in [3.8, 4) is 17.6 Å². The first-order valence-corrected chi connectivity index (χ1v) is 18.8. The number of carbonyl (C=O) groups is 1. The zero-order chi connectivity index (χ0) is 32.4. The molecule has 0 spiro atoms. The maximum Gasteiger partial charge on any atom is 0.264 e. The van der Waals surface area contributed by atoms with Gasteiger partial charge in [0.25, 0.3) is 5.91 Å². The molecule has 0 radical (unpaired) electrons. The fourth-order valence-corrected chi connectivity index (χ4v) is 10.7. The Morgan fingerprint density at radius 3 is 2.23 bits per heavy atom. The lowest BCUT2D eigenvalue weighted by Gasteiger charge is -2.56. The molecule has 47 heavy (non-hydrogen) atoms. The summed E-state index contributed by atoms with van der Waals surface area (Å²) in [6.07, 6.45) is 6.80. The van der Waals surface area contributed by atoms with Gasteiger partial charge in [-0.1, -0.05) is 36.1 Å². The molecule has 4 bridgehead atoms. The minimum Gasteiger partial charge on any atom is -0.494 e. The van der Waals surface area contributed by atoms with E-state index in [1.54, 1.807) is 12.1 Å². The Bertz CT molecular complexity index is 1730. The minimum atomic E-state index is -3.71. The Labute approximate surface area is 279 Å². The average molecular weight is 652 g/mol. The molecule has 1 aliphatic heterocycles. The predicted molar refractivity (Wildman–Crippen MR) is 186 cm³/mol. The van der Waals surface area contributed by atoms with E-state index >= 15 is 0 Å². The SMILES string of the molecule is CCOc1cccc(C#Cc2ccccc2CN2CCN(c3ccc(C(=O)NS(=O)(=O)CC45CC6CC(CC(C6)C4)C5)cc3)CC2)c1. The van der Waals surface area contributed by atoms with Crippen LogP contribution in [0.5, 0.6) is 5.75 Å². The molecule has 0 aromatic heterocycles. The topological polar surface area (TPSA) is 79.0 Å². The van der Waals surface area contributed by atoms with Gasteiger partial charge in [0, 0.05) is 55.1 Å².